The molecule has 1 rings (SSSR count). The van der Waals surface area contributed by atoms with Crippen molar-refractivity contribution >= 4 is 29.6 Å². The fourth-order valence-electron chi connectivity index (χ4n) is 1.37. The molecule has 1 heterocycles. The Kier molecular flexibility index (Phi) is 7.52. The van der Waals surface area contributed by atoms with Gasteiger partial charge in [-0.25, -0.2) is 0 Å². The van der Waals surface area contributed by atoms with Crippen LogP contribution in [0.2, 0.25) is 0 Å². The van der Waals surface area contributed by atoms with E-state index in [9.17, 15) is 15.3 Å². The average molecular weight is 232 g/mol. The zero-order valence-corrected chi connectivity index (χ0v) is 7.91. The summed E-state index contributed by atoms with van der Waals surface area (Å²) in [6, 6.07) is 0. The van der Waals surface area contributed by atoms with Crippen molar-refractivity contribution in [3.8, 4) is 0 Å². The van der Waals surface area contributed by atoms with Crippen molar-refractivity contribution in [2.24, 2.45) is 0 Å². The Labute approximate surface area is 110 Å². The van der Waals surface area contributed by atoms with Gasteiger partial charge in [0.15, 0.2) is 6.29 Å². The zero-order valence-electron chi connectivity index (χ0n) is 7.91. The molecule has 0 radical (unpaired) electrons. The Morgan fingerprint density at radius 2 is 1.73 bits per heavy atom. The molecule has 0 bridgehead atoms. The van der Waals surface area contributed by atoms with Crippen LogP contribution in [-0.4, -0.2) is 93.9 Å². The van der Waals surface area contributed by atoms with Crippen molar-refractivity contribution in [1.82, 2.24) is 0 Å². The first-order valence-corrected chi connectivity index (χ1v) is 4.54. The summed E-state index contributed by atoms with van der Waals surface area (Å²) in [5.74, 6) is 0. The molecule has 6 nitrogen and oxygen atoms in total. The first-order valence-electron chi connectivity index (χ1n) is 4.54. The predicted octanol–water partition coefficient (Wildman–Crippen LogP) is -2.83. The summed E-state index contributed by atoms with van der Waals surface area (Å²) < 4.78 is 10.0. The molecule has 1 aliphatic heterocycles. The van der Waals surface area contributed by atoms with Gasteiger partial charge in [-0.3, -0.25) is 0 Å². The molecule has 0 aromatic rings. The van der Waals surface area contributed by atoms with Gasteiger partial charge in [-0.2, -0.15) is 0 Å². The Bertz CT molecular complexity index is 177. The van der Waals surface area contributed by atoms with Gasteiger partial charge in [0.05, 0.1) is 6.61 Å². The molecule has 1 fully saturated rings. The minimum atomic E-state index is -1.36. The first-order chi connectivity index (χ1) is 6.61. The number of aliphatic hydroxyl groups is 4. The van der Waals surface area contributed by atoms with Crippen LogP contribution in [0.4, 0.5) is 0 Å². The molecule has 15 heavy (non-hydrogen) atoms. The van der Waals surface area contributed by atoms with Crippen LogP contribution in [-0.2, 0) is 9.47 Å². The Morgan fingerprint density at radius 1 is 1.13 bits per heavy atom. The van der Waals surface area contributed by atoms with E-state index >= 15 is 0 Å². The Morgan fingerprint density at radius 3 is 2.20 bits per heavy atom. The van der Waals surface area contributed by atoms with E-state index in [1.54, 1.807) is 6.92 Å². The summed E-state index contributed by atoms with van der Waals surface area (Å²) in [7, 11) is 0. The number of aliphatic hydroxyl groups excluding tert-OH is 4. The maximum absolute atomic E-state index is 9.41. The molecule has 0 aromatic heterocycles. The Hall–Kier alpha value is 0.760. The molecule has 0 aromatic carbocycles. The summed E-state index contributed by atoms with van der Waals surface area (Å²) in [6.07, 6.45) is -5.89. The van der Waals surface area contributed by atoms with E-state index in [0.29, 0.717) is 6.61 Å². The van der Waals surface area contributed by atoms with Crippen LogP contribution in [0.5, 0.6) is 0 Å². The summed E-state index contributed by atoms with van der Waals surface area (Å²) >= 11 is 0. The first kappa shape index (κ1) is 15.8. The third kappa shape index (κ3) is 3.62. The molecule has 0 unspecified atom stereocenters. The van der Waals surface area contributed by atoms with E-state index in [1.807, 2.05) is 0 Å². The zero-order chi connectivity index (χ0) is 10.7. The number of hydrogen-bond acceptors (Lipinski definition) is 6. The van der Waals surface area contributed by atoms with Crippen LogP contribution in [0.1, 0.15) is 6.92 Å². The number of rotatable bonds is 3. The molecule has 1 saturated heterocycles. The van der Waals surface area contributed by atoms with Crippen molar-refractivity contribution in [3.05, 3.63) is 0 Å². The molecule has 0 spiro atoms. The third-order valence-electron chi connectivity index (χ3n) is 2.18. The van der Waals surface area contributed by atoms with Crippen molar-refractivity contribution in [2.75, 3.05) is 13.2 Å². The van der Waals surface area contributed by atoms with E-state index in [2.05, 4.69) is 0 Å². The molecule has 0 aliphatic carbocycles. The monoisotopic (exact) mass is 232 g/mol. The normalized spacial score (nSPS) is 41.0. The Balaban J connectivity index is 0.00000196. The summed E-state index contributed by atoms with van der Waals surface area (Å²) in [5.41, 5.74) is 0. The second-order valence-electron chi connectivity index (χ2n) is 3.15. The van der Waals surface area contributed by atoms with E-state index in [4.69, 9.17) is 14.6 Å². The number of hydrogen-bond donors (Lipinski definition) is 4. The minimum absolute atomic E-state index is 0. The molecule has 1 aliphatic rings. The van der Waals surface area contributed by atoms with E-state index in [-0.39, 0.29) is 29.6 Å². The van der Waals surface area contributed by atoms with Gasteiger partial charge in [0.1, 0.15) is 24.4 Å². The quantitative estimate of drug-likeness (QED) is 0.392. The number of ether oxygens (including phenoxy) is 2. The van der Waals surface area contributed by atoms with Crippen LogP contribution in [0.25, 0.3) is 0 Å². The van der Waals surface area contributed by atoms with Crippen LogP contribution >= 0.6 is 0 Å². The summed E-state index contributed by atoms with van der Waals surface area (Å²) in [4.78, 5) is 0. The summed E-state index contributed by atoms with van der Waals surface area (Å²) in [5, 5.41) is 36.9. The maximum atomic E-state index is 9.41. The van der Waals surface area contributed by atoms with Crippen LogP contribution in [0.3, 0.4) is 0 Å². The average Bonchev–Trinajstić information content (AvgIpc) is 2.19. The molecule has 0 amide bonds. The van der Waals surface area contributed by atoms with Crippen molar-refractivity contribution in [2.45, 2.75) is 37.6 Å². The van der Waals surface area contributed by atoms with Crippen molar-refractivity contribution in [3.63, 3.8) is 0 Å². The van der Waals surface area contributed by atoms with Crippen molar-refractivity contribution in [1.29, 1.82) is 0 Å². The third-order valence-corrected chi connectivity index (χ3v) is 2.18. The second kappa shape index (κ2) is 7.16. The van der Waals surface area contributed by atoms with Gasteiger partial charge in [0, 0.05) is 6.61 Å². The molecular formula is C8H17NaO6. The van der Waals surface area contributed by atoms with E-state index < -0.39 is 37.3 Å². The second-order valence-corrected chi connectivity index (χ2v) is 3.15. The molecule has 4 N–H and O–H groups in total. The van der Waals surface area contributed by atoms with Gasteiger partial charge >= 0.3 is 29.6 Å². The molecule has 86 valence electrons. The van der Waals surface area contributed by atoms with Gasteiger partial charge in [-0.05, 0) is 6.92 Å². The topological polar surface area (TPSA) is 99.4 Å². The van der Waals surface area contributed by atoms with Gasteiger partial charge in [0.2, 0.25) is 0 Å². The van der Waals surface area contributed by atoms with Gasteiger partial charge in [0.25, 0.3) is 0 Å². The van der Waals surface area contributed by atoms with Gasteiger partial charge in [-0.1, -0.05) is 0 Å². The van der Waals surface area contributed by atoms with E-state index in [0.717, 1.165) is 0 Å². The molecular weight excluding hydrogens is 215 g/mol. The van der Waals surface area contributed by atoms with Crippen LogP contribution in [0, 0.1) is 0 Å². The summed E-state index contributed by atoms with van der Waals surface area (Å²) in [6.45, 7) is 1.58. The van der Waals surface area contributed by atoms with Gasteiger partial charge in [-0.15, -0.1) is 0 Å². The van der Waals surface area contributed by atoms with E-state index in [1.165, 1.54) is 0 Å². The fourth-order valence-corrected chi connectivity index (χ4v) is 1.37. The standard InChI is InChI=1S/C8H16O6.Na.H/c1-2-13-8-7(12)6(11)5(10)4(3-9)14-8;;/h4-12H,2-3H2,1H3;;/t4-,5+,6+,7-,8+;;/m1../s1. The molecule has 5 atom stereocenters. The molecule has 0 saturated carbocycles. The van der Waals surface area contributed by atoms with Gasteiger partial charge < -0.3 is 29.9 Å². The van der Waals surface area contributed by atoms with Crippen LogP contribution in [0.15, 0.2) is 0 Å². The SMILES string of the molecule is CCO[C@H]1O[C@H](CO)[C@H](O)[C@H](O)[C@H]1O.[NaH]. The predicted molar refractivity (Wildman–Crippen MR) is 52.5 cm³/mol. The fraction of sp³-hybridized carbons (Fsp3) is 1.00. The molecule has 7 heteroatoms. The van der Waals surface area contributed by atoms with Crippen LogP contribution < -0.4 is 0 Å². The van der Waals surface area contributed by atoms with Crippen molar-refractivity contribution < 1.29 is 29.9 Å².